The van der Waals surface area contributed by atoms with Crippen LogP contribution in [-0.4, -0.2) is 277 Å². The minimum absolute atomic E-state index is 0. The highest BCUT2D eigenvalue weighted by atomic mass is 35.5. The predicted octanol–water partition coefficient (Wildman–Crippen LogP) is -8.24. The third-order valence-corrected chi connectivity index (χ3v) is 12.7. The summed E-state index contributed by atoms with van der Waals surface area (Å²) >= 11 is 0. The van der Waals surface area contributed by atoms with Crippen LogP contribution in [0.1, 0.15) is 59.9 Å². The number of rotatable bonds is 45. The second-order valence-electron chi connectivity index (χ2n) is 20.2. The molecule has 3 rings (SSSR count). The molecule has 2 fully saturated rings. The topological polar surface area (TPSA) is 533 Å². The zero-order valence-corrected chi connectivity index (χ0v) is 54.2. The largest absolute Gasteiger partial charge is 1.00 e. The Morgan fingerprint density at radius 1 is 0.537 bits per heavy atom. The number of carbonyl (C=O) groups is 10. The third-order valence-electron chi connectivity index (χ3n) is 12.7. The van der Waals surface area contributed by atoms with E-state index >= 15 is 0 Å². The Labute approximate surface area is 562 Å². The van der Waals surface area contributed by atoms with Crippen molar-refractivity contribution in [3.05, 3.63) is 56.8 Å². The van der Waals surface area contributed by atoms with Gasteiger partial charge in [0.1, 0.15) is 30.8 Å². The van der Waals surface area contributed by atoms with Gasteiger partial charge in [0, 0.05) is 148 Å². The fourth-order valence-corrected chi connectivity index (χ4v) is 8.08. The summed E-state index contributed by atoms with van der Waals surface area (Å²) in [5.74, 6) is -6.19. The van der Waals surface area contributed by atoms with Gasteiger partial charge in [-0.15, -0.1) is 0 Å². The lowest BCUT2D eigenvalue weighted by Gasteiger charge is -2.26. The number of ether oxygens (including phenoxy) is 5. The number of benzene rings is 1. The van der Waals surface area contributed by atoms with Gasteiger partial charge < -0.3 is 112 Å². The summed E-state index contributed by atoms with van der Waals surface area (Å²) < 4.78 is 26.4. The Hall–Kier alpha value is -7.61. The van der Waals surface area contributed by atoms with E-state index in [1.807, 2.05) is 6.07 Å². The maximum atomic E-state index is 13.2. The molecule has 0 unspecified atom stereocenters. The van der Waals surface area contributed by atoms with E-state index in [0.29, 0.717) is 91.9 Å². The van der Waals surface area contributed by atoms with Crippen LogP contribution in [0.5, 0.6) is 0 Å². The van der Waals surface area contributed by atoms with Gasteiger partial charge >= 0.3 is 5.97 Å². The summed E-state index contributed by atoms with van der Waals surface area (Å²) in [6.45, 7) is 16.0. The summed E-state index contributed by atoms with van der Waals surface area (Å²) in [7, 11) is 0. The Bertz CT molecular complexity index is 2400. The molecule has 37 nitrogen and oxygen atoms in total. The standard InChI is InChI=1S/C27H40N8O8.C24H45N11O7.C4H13N3.2CH4.ClH/c1-20(36)32-23(18-25(38)43-19-21-5-3-2-4-6-21)27(40)33-22(26(39)30-8-13-41-14-9-31-34-28)17-24(37)29-7-10-35-11-15-42-16-12-35;1-18(36)32-20(17-21(37)28-5-4-27-3-2-25)24(40)33-19(23(39)30-7-12-41-13-8-31-34-26)16-22(38)29-6-9-35-10-14-42-15-11-35;5-1-3-7-4-2-6;;;/h2-6,22-23H,7-19H2,1H3,(H,29,37)(H,30,39)(H,32,36)(H,33,40);19-20,27H,2-17,25H2,1H3,(H,28,37)(H,29,38)(H,30,39)(H,32,36)(H,33,40);7H,1-6H2;2*1H4;1H/t22-,23-;19-,20-;;;;/m00..../s1. The highest BCUT2D eigenvalue weighted by Gasteiger charge is 2.32. The van der Waals surface area contributed by atoms with E-state index in [4.69, 9.17) is 46.2 Å². The van der Waals surface area contributed by atoms with Gasteiger partial charge in [-0.2, -0.15) is 0 Å². The number of nitrogens with two attached hydrogens (primary N) is 2. The molecule has 18 N–H and O–H groups in total. The van der Waals surface area contributed by atoms with E-state index in [0.717, 1.165) is 44.8 Å². The van der Waals surface area contributed by atoms with E-state index in [1.54, 1.807) is 24.3 Å². The summed E-state index contributed by atoms with van der Waals surface area (Å²) in [4.78, 5) is 135. The number of halogens is 1. The Morgan fingerprint density at radius 2 is 0.937 bits per heavy atom. The lowest BCUT2D eigenvalue weighted by molar-refractivity contribution is -0.365. The fraction of sp³-hybridized carbons (Fsp3) is 0.719. The van der Waals surface area contributed by atoms with Crippen LogP contribution in [-0.2, 0) is 78.2 Å². The molecule has 0 aromatic heterocycles. The van der Waals surface area contributed by atoms with Crippen molar-refractivity contribution in [1.82, 2.24) is 68.3 Å². The average molecular weight is 1380 g/mol. The molecular formula is C57H107ClN22O15. The van der Waals surface area contributed by atoms with Crippen molar-refractivity contribution in [2.75, 3.05) is 184 Å². The van der Waals surface area contributed by atoms with Crippen molar-refractivity contribution in [2.24, 2.45) is 21.7 Å². The quantitative estimate of drug-likeness (QED) is 0.00948. The van der Waals surface area contributed by atoms with Crippen LogP contribution in [0.2, 0.25) is 0 Å². The fourth-order valence-electron chi connectivity index (χ4n) is 8.08. The van der Waals surface area contributed by atoms with Gasteiger partial charge in [0.15, 0.2) is 0 Å². The maximum Gasteiger partial charge on any atom is 0.308 e. The van der Waals surface area contributed by atoms with Crippen LogP contribution in [0.25, 0.3) is 20.9 Å². The van der Waals surface area contributed by atoms with Gasteiger partial charge in [-0.1, -0.05) is 55.4 Å². The average Bonchev–Trinajstić information content (AvgIpc) is 1.04. The summed E-state index contributed by atoms with van der Waals surface area (Å²) in [5.41, 5.74) is 31.4. The van der Waals surface area contributed by atoms with E-state index in [9.17, 15) is 47.9 Å². The van der Waals surface area contributed by atoms with Gasteiger partial charge in [-0.3, -0.25) is 57.7 Å². The van der Waals surface area contributed by atoms with Crippen LogP contribution in [0.4, 0.5) is 0 Å². The number of nitrogens with zero attached hydrogens (tertiary/aromatic N) is 8. The number of azide groups is 2. The molecule has 2 heterocycles. The number of hydrogen-bond donors (Lipinski definition) is 14. The minimum Gasteiger partial charge on any atom is -1.00 e. The monoisotopic (exact) mass is 1370 g/mol. The van der Waals surface area contributed by atoms with Gasteiger partial charge in [0.2, 0.25) is 53.2 Å². The molecule has 4 atom stereocenters. The normalized spacial score (nSPS) is 13.6. The van der Waals surface area contributed by atoms with Crippen LogP contribution in [0, 0.1) is 0 Å². The first-order chi connectivity index (χ1) is 44.5. The molecule has 0 spiro atoms. The third kappa shape index (κ3) is 50.5. The van der Waals surface area contributed by atoms with Crippen molar-refractivity contribution in [3.8, 4) is 0 Å². The first-order valence-electron chi connectivity index (χ1n) is 30.5. The Morgan fingerprint density at radius 3 is 1.34 bits per heavy atom. The molecule has 0 bridgehead atoms. The predicted molar refractivity (Wildman–Crippen MR) is 348 cm³/mol. The molecule has 0 radical (unpaired) electrons. The highest BCUT2D eigenvalue weighted by molar-refractivity contribution is 5.97. The van der Waals surface area contributed by atoms with Crippen LogP contribution >= 0.6 is 0 Å². The Kier molecular flexibility index (Phi) is 59.1. The lowest BCUT2D eigenvalue weighted by Crippen LogP contribution is -3.00. The summed E-state index contributed by atoms with van der Waals surface area (Å²) in [6.07, 6.45) is -1.60. The molecule has 0 saturated carbocycles. The number of morpholine rings is 2. The molecule has 1 aromatic carbocycles. The Balaban J connectivity index is -0.00000157. The molecule has 2 saturated heterocycles. The van der Waals surface area contributed by atoms with Crippen molar-refractivity contribution in [1.29, 1.82) is 0 Å². The van der Waals surface area contributed by atoms with E-state index in [2.05, 4.69) is 94.1 Å². The molecule has 0 aliphatic carbocycles. The molecule has 95 heavy (non-hydrogen) atoms. The van der Waals surface area contributed by atoms with Gasteiger partial charge in [-0.05, 0) is 16.6 Å². The summed E-state index contributed by atoms with van der Waals surface area (Å²) in [5, 5.41) is 36.0. The highest BCUT2D eigenvalue weighted by Crippen LogP contribution is 2.06. The van der Waals surface area contributed by atoms with Gasteiger partial charge in [0.05, 0.1) is 85.1 Å². The molecule has 38 heteroatoms. The smallest absolute Gasteiger partial charge is 0.308 e. The maximum absolute atomic E-state index is 13.2. The van der Waals surface area contributed by atoms with Crippen molar-refractivity contribution in [2.45, 2.75) is 85.2 Å². The minimum atomic E-state index is -1.34. The number of esters is 1. The zero-order valence-electron chi connectivity index (χ0n) is 53.5. The number of carbonyl (C=O) groups excluding carboxylic acids is 10. The van der Waals surface area contributed by atoms with E-state index in [-0.39, 0.29) is 106 Å². The molecular weight excluding hydrogens is 1270 g/mol. The van der Waals surface area contributed by atoms with Gasteiger partial charge in [0.25, 0.3) is 0 Å². The molecule has 542 valence electrons. The first-order valence-corrected chi connectivity index (χ1v) is 30.5. The SMILES string of the molecule is C.C.CC(=O)N[C@@H](CC(=O)NCCNCC[NH3+])C(=O)N[C@@H](CC(=O)NCCN1CCOCC1)C(=O)NCCOCCN=[N+]=[N-].CC(=O)N[C@@H](CC(=O)OCc1ccccc1)C(=O)N[C@@H](CC(=O)NCCN1CCOCC1)C(=O)NCCOCCN=[N+]=[N-].NCCNCCN.[Cl-]. The van der Waals surface area contributed by atoms with Crippen molar-refractivity contribution < 1.29 is 89.8 Å². The number of nitrogens with one attached hydrogen (secondary N) is 11. The molecule has 2 aliphatic rings. The van der Waals surface area contributed by atoms with E-state index in [1.165, 1.54) is 13.8 Å². The molecule has 1 aromatic rings. The van der Waals surface area contributed by atoms with Crippen molar-refractivity contribution in [3.63, 3.8) is 0 Å². The number of amides is 9. The second kappa shape index (κ2) is 61.3. The molecule has 9 amide bonds. The van der Waals surface area contributed by atoms with Gasteiger partial charge in [-0.25, -0.2) is 0 Å². The van der Waals surface area contributed by atoms with Crippen LogP contribution in [0.3, 0.4) is 0 Å². The number of hydrogen-bond acceptors (Lipinski definition) is 23. The second-order valence-corrected chi connectivity index (χ2v) is 20.2. The van der Waals surface area contributed by atoms with Crippen molar-refractivity contribution >= 4 is 59.1 Å². The molecule has 2 aliphatic heterocycles. The number of quaternary nitrogens is 1. The van der Waals surface area contributed by atoms with Crippen LogP contribution < -0.4 is 88.1 Å². The zero-order chi connectivity index (χ0) is 67.8. The lowest BCUT2D eigenvalue weighted by atomic mass is 10.1. The summed E-state index contributed by atoms with van der Waals surface area (Å²) in [6, 6.07) is 3.73. The van der Waals surface area contributed by atoms with E-state index < -0.39 is 89.7 Å². The first kappa shape index (κ1) is 91.6. The van der Waals surface area contributed by atoms with Crippen LogP contribution in [0.15, 0.2) is 40.6 Å².